The van der Waals surface area contributed by atoms with Gasteiger partial charge >= 0.3 is 0 Å². The molecule has 0 bridgehead atoms. The minimum Gasteiger partial charge on any atom is -0.383 e. The minimum atomic E-state index is 0. The molecule has 138 valence electrons. The molecule has 1 aromatic carbocycles. The Morgan fingerprint density at radius 1 is 1.21 bits per heavy atom. The van der Waals surface area contributed by atoms with Gasteiger partial charge in [-0.15, -0.1) is 24.8 Å². The van der Waals surface area contributed by atoms with Crippen LogP contribution in [0.2, 0.25) is 0 Å². The molecule has 0 unspecified atom stereocenters. The van der Waals surface area contributed by atoms with Gasteiger partial charge in [0.2, 0.25) is 5.91 Å². The van der Waals surface area contributed by atoms with Crippen LogP contribution in [-0.4, -0.2) is 56.7 Å². The molecule has 1 amide bonds. The normalized spacial score (nSPS) is 15.2. The summed E-state index contributed by atoms with van der Waals surface area (Å²) in [6.45, 7) is 4.78. The number of methoxy groups -OCH3 is 1. The number of nitrogens with one attached hydrogen (secondary N) is 2. The van der Waals surface area contributed by atoms with E-state index >= 15 is 0 Å². The van der Waals surface area contributed by atoms with Gasteiger partial charge in [-0.2, -0.15) is 0 Å². The Hall–Kier alpha value is -0.850. The Morgan fingerprint density at radius 2 is 1.88 bits per heavy atom. The van der Waals surface area contributed by atoms with Crippen molar-refractivity contribution >= 4 is 30.7 Å². The molecule has 0 aromatic heterocycles. The average Bonchev–Trinajstić information content (AvgIpc) is 2.54. The monoisotopic (exact) mass is 377 g/mol. The van der Waals surface area contributed by atoms with E-state index < -0.39 is 0 Å². The molecule has 0 spiro atoms. The molecule has 0 atom stereocenters. The van der Waals surface area contributed by atoms with Gasteiger partial charge in [-0.25, -0.2) is 0 Å². The molecule has 0 saturated carbocycles. The summed E-state index contributed by atoms with van der Waals surface area (Å²) in [5.74, 6) is 0.0811. The summed E-state index contributed by atoms with van der Waals surface area (Å²) in [4.78, 5) is 14.3. The smallest absolute Gasteiger partial charge is 0.234 e. The topological polar surface area (TPSA) is 53.6 Å². The first-order valence-electron chi connectivity index (χ1n) is 8.03. The van der Waals surface area contributed by atoms with Crippen molar-refractivity contribution in [2.24, 2.45) is 0 Å². The highest BCUT2D eigenvalue weighted by atomic mass is 35.5. The van der Waals surface area contributed by atoms with Gasteiger partial charge in [0.05, 0.1) is 13.2 Å². The van der Waals surface area contributed by atoms with Crippen LogP contribution in [0, 0.1) is 0 Å². The third kappa shape index (κ3) is 8.85. The van der Waals surface area contributed by atoms with E-state index in [1.54, 1.807) is 7.11 Å². The predicted octanol–water partition coefficient (Wildman–Crippen LogP) is 1.85. The Labute approximate surface area is 157 Å². The zero-order valence-corrected chi connectivity index (χ0v) is 15.8. The van der Waals surface area contributed by atoms with Gasteiger partial charge in [0, 0.05) is 39.3 Å². The number of piperidine rings is 1. The molecule has 2 N–H and O–H groups in total. The molecule has 5 nitrogen and oxygen atoms in total. The van der Waals surface area contributed by atoms with Crippen molar-refractivity contribution in [1.29, 1.82) is 0 Å². The molecule has 2 rings (SSSR count). The third-order valence-corrected chi connectivity index (χ3v) is 3.97. The van der Waals surface area contributed by atoms with Gasteiger partial charge in [-0.1, -0.05) is 30.3 Å². The fourth-order valence-electron chi connectivity index (χ4n) is 2.73. The zero-order valence-electron chi connectivity index (χ0n) is 14.2. The predicted molar refractivity (Wildman–Crippen MR) is 102 cm³/mol. The number of carbonyl (C=O) groups is 1. The lowest BCUT2D eigenvalue weighted by Crippen LogP contribution is -2.46. The van der Waals surface area contributed by atoms with E-state index in [9.17, 15) is 4.79 Å². The van der Waals surface area contributed by atoms with E-state index in [2.05, 4.69) is 39.8 Å². The third-order valence-electron chi connectivity index (χ3n) is 3.97. The summed E-state index contributed by atoms with van der Waals surface area (Å²) < 4.78 is 4.93. The molecule has 0 aliphatic carbocycles. The number of hydrogen-bond acceptors (Lipinski definition) is 4. The number of rotatable bonds is 8. The molecule has 1 aliphatic rings. The van der Waals surface area contributed by atoms with Crippen LogP contribution < -0.4 is 10.6 Å². The van der Waals surface area contributed by atoms with Crippen LogP contribution in [0.5, 0.6) is 0 Å². The maximum atomic E-state index is 11.8. The summed E-state index contributed by atoms with van der Waals surface area (Å²) in [5, 5.41) is 6.18. The van der Waals surface area contributed by atoms with Crippen molar-refractivity contribution in [3.05, 3.63) is 35.9 Å². The van der Waals surface area contributed by atoms with Crippen LogP contribution in [0.25, 0.3) is 0 Å². The quantitative estimate of drug-likeness (QED) is 0.678. The second-order valence-corrected chi connectivity index (χ2v) is 5.77. The van der Waals surface area contributed by atoms with Gasteiger partial charge in [0.25, 0.3) is 0 Å². The average molecular weight is 378 g/mol. The molecule has 1 aromatic rings. The number of hydrogen-bond donors (Lipinski definition) is 2. The maximum Gasteiger partial charge on any atom is 0.234 e. The van der Waals surface area contributed by atoms with Crippen molar-refractivity contribution in [2.45, 2.75) is 25.4 Å². The van der Waals surface area contributed by atoms with E-state index in [4.69, 9.17) is 4.74 Å². The maximum absolute atomic E-state index is 11.8. The summed E-state index contributed by atoms with van der Waals surface area (Å²) in [6, 6.07) is 10.9. The SMILES string of the molecule is COCCNCC(=O)NC1CCN(Cc2ccccc2)CC1.Cl.Cl. The van der Waals surface area contributed by atoms with Gasteiger partial charge in [-0.3, -0.25) is 9.69 Å². The van der Waals surface area contributed by atoms with Crippen LogP contribution in [-0.2, 0) is 16.1 Å². The van der Waals surface area contributed by atoms with E-state index in [0.717, 1.165) is 32.5 Å². The number of nitrogens with zero attached hydrogens (tertiary/aromatic N) is 1. The molecule has 7 heteroatoms. The first kappa shape index (κ1) is 23.1. The van der Waals surface area contributed by atoms with Crippen molar-refractivity contribution in [1.82, 2.24) is 15.5 Å². The Kier molecular flexibility index (Phi) is 13.0. The highest BCUT2D eigenvalue weighted by Crippen LogP contribution is 2.13. The van der Waals surface area contributed by atoms with Gasteiger partial charge in [0.15, 0.2) is 0 Å². The summed E-state index contributed by atoms with van der Waals surface area (Å²) in [5.41, 5.74) is 1.35. The van der Waals surface area contributed by atoms with Crippen LogP contribution in [0.3, 0.4) is 0 Å². The first-order chi connectivity index (χ1) is 10.8. The highest BCUT2D eigenvalue weighted by molar-refractivity contribution is 5.85. The van der Waals surface area contributed by atoms with Crippen LogP contribution in [0.4, 0.5) is 0 Å². The number of likely N-dealkylation sites (tertiary alicyclic amines) is 1. The summed E-state index contributed by atoms with van der Waals surface area (Å²) >= 11 is 0. The van der Waals surface area contributed by atoms with Crippen LogP contribution in [0.1, 0.15) is 18.4 Å². The van der Waals surface area contributed by atoms with Crippen molar-refractivity contribution in [3.63, 3.8) is 0 Å². The fraction of sp³-hybridized carbons (Fsp3) is 0.588. The Balaban J connectivity index is 0.00000264. The summed E-state index contributed by atoms with van der Waals surface area (Å²) in [6.07, 6.45) is 2.05. The molecule has 1 aliphatic heterocycles. The van der Waals surface area contributed by atoms with Crippen molar-refractivity contribution < 1.29 is 9.53 Å². The second-order valence-electron chi connectivity index (χ2n) is 5.77. The largest absolute Gasteiger partial charge is 0.383 e. The lowest BCUT2D eigenvalue weighted by molar-refractivity contribution is -0.121. The fourth-order valence-corrected chi connectivity index (χ4v) is 2.73. The zero-order chi connectivity index (χ0) is 15.6. The number of amides is 1. The molecule has 1 saturated heterocycles. The van der Waals surface area contributed by atoms with E-state index in [1.807, 2.05) is 6.07 Å². The minimum absolute atomic E-state index is 0. The van der Waals surface area contributed by atoms with E-state index in [-0.39, 0.29) is 30.7 Å². The van der Waals surface area contributed by atoms with Gasteiger partial charge < -0.3 is 15.4 Å². The molecular formula is C17H29Cl2N3O2. The van der Waals surface area contributed by atoms with E-state index in [0.29, 0.717) is 25.7 Å². The molecule has 0 radical (unpaired) electrons. The molecule has 24 heavy (non-hydrogen) atoms. The first-order valence-corrected chi connectivity index (χ1v) is 8.03. The number of halogens is 2. The molecular weight excluding hydrogens is 349 g/mol. The Morgan fingerprint density at radius 3 is 2.50 bits per heavy atom. The second kappa shape index (κ2) is 13.4. The molecule has 1 heterocycles. The van der Waals surface area contributed by atoms with Crippen LogP contribution in [0.15, 0.2) is 30.3 Å². The number of carbonyl (C=O) groups excluding carboxylic acids is 1. The van der Waals surface area contributed by atoms with Crippen molar-refractivity contribution in [2.75, 3.05) is 39.9 Å². The lowest BCUT2D eigenvalue weighted by atomic mass is 10.0. The van der Waals surface area contributed by atoms with Crippen LogP contribution >= 0.6 is 24.8 Å². The number of ether oxygens (including phenoxy) is 1. The molecule has 1 fully saturated rings. The summed E-state index contributed by atoms with van der Waals surface area (Å²) in [7, 11) is 1.66. The Bertz CT molecular complexity index is 441. The highest BCUT2D eigenvalue weighted by Gasteiger charge is 2.20. The number of benzene rings is 1. The van der Waals surface area contributed by atoms with E-state index in [1.165, 1.54) is 5.56 Å². The standard InChI is InChI=1S/C17H27N3O2.2ClH/c1-22-12-9-18-13-17(21)19-16-7-10-20(11-8-16)14-15-5-3-2-4-6-15;;/h2-6,16,18H,7-14H2,1H3,(H,19,21);2*1H. The van der Waals surface area contributed by atoms with Gasteiger partial charge in [0.1, 0.15) is 0 Å². The van der Waals surface area contributed by atoms with Gasteiger partial charge in [-0.05, 0) is 18.4 Å². The van der Waals surface area contributed by atoms with Crippen molar-refractivity contribution in [3.8, 4) is 0 Å². The lowest BCUT2D eigenvalue weighted by Gasteiger charge is -2.32.